The molecule has 0 saturated carbocycles. The fraction of sp³-hybridized carbons (Fsp3) is 0.556. The molecule has 25 heavy (non-hydrogen) atoms. The Hall–Kier alpha value is -2.44. The summed E-state index contributed by atoms with van der Waals surface area (Å²) >= 11 is 0. The molecule has 1 unspecified atom stereocenters. The van der Waals surface area contributed by atoms with Gasteiger partial charge >= 0.3 is 12.1 Å². The third-order valence-electron chi connectivity index (χ3n) is 4.03. The van der Waals surface area contributed by atoms with Crippen LogP contribution in [0.3, 0.4) is 0 Å². The van der Waals surface area contributed by atoms with Crippen LogP contribution in [-0.2, 0) is 27.2 Å². The summed E-state index contributed by atoms with van der Waals surface area (Å²) < 4.78 is 10.2. The number of nitrogen functional groups attached to an aromatic ring is 1. The number of nitrogens with zero attached hydrogens (tertiary/aromatic N) is 1. The number of rotatable bonds is 3. The van der Waals surface area contributed by atoms with Crippen molar-refractivity contribution in [3.05, 3.63) is 23.3 Å². The molecular weight excluding hydrogens is 322 g/mol. The summed E-state index contributed by atoms with van der Waals surface area (Å²) in [5.41, 5.74) is 8.95. The summed E-state index contributed by atoms with van der Waals surface area (Å²) in [6.45, 7) is 8.18. The standard InChI is InChI=1S/C18H27N3O4/c1-11(16(22)24-5)20-15-7-6-14(19)13-10-21(9-8-12(13)15)17(23)25-18(2,3)4/h6-7,11,20H,8-10,19H2,1-5H3. The molecule has 1 amide bonds. The highest BCUT2D eigenvalue weighted by Gasteiger charge is 2.28. The molecule has 3 N–H and O–H groups in total. The molecular formula is C18H27N3O4. The van der Waals surface area contributed by atoms with Crippen LogP contribution in [0.5, 0.6) is 0 Å². The van der Waals surface area contributed by atoms with Crippen molar-refractivity contribution in [2.45, 2.75) is 52.3 Å². The molecule has 1 aromatic carbocycles. The molecule has 0 bridgehead atoms. The summed E-state index contributed by atoms with van der Waals surface area (Å²) in [7, 11) is 1.36. The van der Waals surface area contributed by atoms with Crippen LogP contribution in [0.4, 0.5) is 16.2 Å². The quantitative estimate of drug-likeness (QED) is 0.643. The predicted octanol–water partition coefficient (Wildman–Crippen LogP) is 2.54. The zero-order valence-electron chi connectivity index (χ0n) is 15.5. The smallest absolute Gasteiger partial charge is 0.410 e. The zero-order valence-corrected chi connectivity index (χ0v) is 15.5. The highest BCUT2D eigenvalue weighted by atomic mass is 16.6. The molecule has 0 aliphatic carbocycles. The van der Waals surface area contributed by atoms with Crippen molar-refractivity contribution in [1.82, 2.24) is 4.90 Å². The van der Waals surface area contributed by atoms with E-state index in [-0.39, 0.29) is 12.1 Å². The maximum absolute atomic E-state index is 12.3. The van der Waals surface area contributed by atoms with Gasteiger partial charge in [-0.2, -0.15) is 0 Å². The molecule has 1 atom stereocenters. The van der Waals surface area contributed by atoms with Crippen LogP contribution in [0.1, 0.15) is 38.8 Å². The van der Waals surface area contributed by atoms with Gasteiger partial charge in [0.15, 0.2) is 0 Å². The fourth-order valence-electron chi connectivity index (χ4n) is 2.79. The van der Waals surface area contributed by atoms with Crippen LogP contribution < -0.4 is 11.1 Å². The summed E-state index contributed by atoms with van der Waals surface area (Å²) in [5.74, 6) is -0.336. The number of carbonyl (C=O) groups is 2. The monoisotopic (exact) mass is 349 g/mol. The number of benzene rings is 1. The first-order valence-electron chi connectivity index (χ1n) is 8.35. The van der Waals surface area contributed by atoms with Crippen molar-refractivity contribution in [2.24, 2.45) is 0 Å². The molecule has 7 nitrogen and oxygen atoms in total. The highest BCUT2D eigenvalue weighted by Crippen LogP contribution is 2.31. The van der Waals surface area contributed by atoms with Gasteiger partial charge in [-0.05, 0) is 57.4 Å². The van der Waals surface area contributed by atoms with Gasteiger partial charge in [0.2, 0.25) is 0 Å². The Balaban J connectivity index is 2.21. The van der Waals surface area contributed by atoms with E-state index in [1.807, 2.05) is 26.8 Å². The first-order chi connectivity index (χ1) is 11.6. The predicted molar refractivity (Wildman–Crippen MR) is 96.3 cm³/mol. The maximum atomic E-state index is 12.3. The Morgan fingerprint density at radius 1 is 1.28 bits per heavy atom. The third-order valence-corrected chi connectivity index (χ3v) is 4.03. The fourth-order valence-corrected chi connectivity index (χ4v) is 2.79. The van der Waals surface area contributed by atoms with Crippen molar-refractivity contribution < 1.29 is 19.1 Å². The molecule has 138 valence electrons. The minimum Gasteiger partial charge on any atom is -0.467 e. The lowest BCUT2D eigenvalue weighted by Gasteiger charge is -2.33. The summed E-state index contributed by atoms with van der Waals surface area (Å²) in [4.78, 5) is 25.6. The van der Waals surface area contributed by atoms with Gasteiger partial charge in [0.25, 0.3) is 0 Å². The number of nitrogens with two attached hydrogens (primary N) is 1. The third kappa shape index (κ3) is 4.55. The Morgan fingerprint density at radius 3 is 2.56 bits per heavy atom. The van der Waals surface area contributed by atoms with E-state index in [0.717, 1.165) is 16.8 Å². The van der Waals surface area contributed by atoms with E-state index in [4.69, 9.17) is 15.2 Å². The number of fused-ring (bicyclic) bond motifs is 1. The second-order valence-electron chi connectivity index (χ2n) is 7.20. The minimum atomic E-state index is -0.539. The van der Waals surface area contributed by atoms with Crippen molar-refractivity contribution in [2.75, 3.05) is 24.7 Å². The Kier molecular flexibility index (Phi) is 5.45. The van der Waals surface area contributed by atoms with E-state index in [9.17, 15) is 9.59 Å². The van der Waals surface area contributed by atoms with Gasteiger partial charge in [-0.3, -0.25) is 0 Å². The van der Waals surface area contributed by atoms with Crippen molar-refractivity contribution in [3.63, 3.8) is 0 Å². The SMILES string of the molecule is COC(=O)C(C)Nc1ccc(N)c2c1CCN(C(=O)OC(C)(C)C)C2. The van der Waals surface area contributed by atoms with E-state index < -0.39 is 11.6 Å². The summed E-state index contributed by atoms with van der Waals surface area (Å²) in [6.07, 6.45) is 0.286. The van der Waals surface area contributed by atoms with Crippen molar-refractivity contribution >= 4 is 23.4 Å². The van der Waals surface area contributed by atoms with Gasteiger partial charge in [-0.25, -0.2) is 9.59 Å². The molecule has 0 aromatic heterocycles. The van der Waals surface area contributed by atoms with E-state index in [1.165, 1.54) is 7.11 Å². The average molecular weight is 349 g/mol. The second kappa shape index (κ2) is 7.21. The van der Waals surface area contributed by atoms with Crippen LogP contribution in [0, 0.1) is 0 Å². The number of methoxy groups -OCH3 is 1. The van der Waals surface area contributed by atoms with Crippen molar-refractivity contribution in [1.29, 1.82) is 0 Å². The topological polar surface area (TPSA) is 93.9 Å². The molecule has 0 saturated heterocycles. The lowest BCUT2D eigenvalue weighted by Crippen LogP contribution is -2.40. The Labute approximate surface area is 148 Å². The molecule has 2 rings (SSSR count). The number of amides is 1. The van der Waals surface area contributed by atoms with Crippen LogP contribution in [0.2, 0.25) is 0 Å². The first-order valence-corrected chi connectivity index (χ1v) is 8.35. The first kappa shape index (κ1) is 18.9. The van der Waals surface area contributed by atoms with E-state index in [0.29, 0.717) is 25.2 Å². The van der Waals surface area contributed by atoms with Gasteiger partial charge in [-0.1, -0.05) is 0 Å². The maximum Gasteiger partial charge on any atom is 0.410 e. The average Bonchev–Trinajstić information content (AvgIpc) is 2.54. The molecule has 7 heteroatoms. The normalized spacial score (nSPS) is 15.2. The van der Waals surface area contributed by atoms with Gasteiger partial charge in [0.1, 0.15) is 11.6 Å². The highest BCUT2D eigenvalue weighted by molar-refractivity contribution is 5.80. The Bertz CT molecular complexity index is 667. The molecule has 0 fully saturated rings. The van der Waals surface area contributed by atoms with Crippen LogP contribution in [-0.4, -0.2) is 42.3 Å². The van der Waals surface area contributed by atoms with Gasteiger partial charge in [0.05, 0.1) is 13.7 Å². The molecule has 1 aliphatic heterocycles. The number of hydrogen-bond donors (Lipinski definition) is 2. The van der Waals surface area contributed by atoms with E-state index in [1.54, 1.807) is 17.9 Å². The molecule has 1 heterocycles. The lowest BCUT2D eigenvalue weighted by molar-refractivity contribution is -0.141. The number of carbonyl (C=O) groups excluding carboxylic acids is 2. The van der Waals surface area contributed by atoms with E-state index >= 15 is 0 Å². The van der Waals surface area contributed by atoms with Crippen LogP contribution >= 0.6 is 0 Å². The number of esters is 1. The summed E-state index contributed by atoms with van der Waals surface area (Å²) in [5, 5.41) is 3.17. The molecule has 0 radical (unpaired) electrons. The second-order valence-corrected chi connectivity index (χ2v) is 7.20. The largest absolute Gasteiger partial charge is 0.467 e. The van der Waals surface area contributed by atoms with Crippen LogP contribution in [0.15, 0.2) is 12.1 Å². The van der Waals surface area contributed by atoms with E-state index in [2.05, 4.69) is 5.32 Å². The van der Waals surface area contributed by atoms with Gasteiger partial charge in [0, 0.05) is 17.9 Å². The van der Waals surface area contributed by atoms with Gasteiger partial charge in [-0.15, -0.1) is 0 Å². The zero-order chi connectivity index (χ0) is 18.8. The summed E-state index contributed by atoms with van der Waals surface area (Å²) in [6, 6.07) is 3.17. The number of ether oxygens (including phenoxy) is 2. The van der Waals surface area contributed by atoms with Crippen LogP contribution in [0.25, 0.3) is 0 Å². The lowest BCUT2D eigenvalue weighted by atomic mass is 9.96. The number of nitrogens with one attached hydrogen (secondary N) is 1. The van der Waals surface area contributed by atoms with Crippen molar-refractivity contribution in [3.8, 4) is 0 Å². The minimum absolute atomic E-state index is 0.336. The van der Waals surface area contributed by atoms with Gasteiger partial charge < -0.3 is 25.4 Å². The molecule has 0 spiro atoms. The number of hydrogen-bond acceptors (Lipinski definition) is 6. The molecule has 1 aliphatic rings. The molecule has 1 aromatic rings. The number of anilines is 2. The Morgan fingerprint density at radius 2 is 1.96 bits per heavy atom.